The van der Waals surface area contributed by atoms with Crippen molar-refractivity contribution in [3.8, 4) is 5.75 Å². The molecule has 1 aromatic heterocycles. The second kappa shape index (κ2) is 9.03. The van der Waals surface area contributed by atoms with Crippen LogP contribution in [0.1, 0.15) is 61.6 Å². The lowest BCUT2D eigenvalue weighted by atomic mass is 9.80. The van der Waals surface area contributed by atoms with Crippen LogP contribution < -0.4 is 9.64 Å². The van der Waals surface area contributed by atoms with Crippen molar-refractivity contribution in [2.24, 2.45) is 11.8 Å². The van der Waals surface area contributed by atoms with Gasteiger partial charge < -0.3 is 14.4 Å². The first-order valence-electron chi connectivity index (χ1n) is 12.4. The molecule has 1 saturated heterocycles. The predicted molar refractivity (Wildman–Crippen MR) is 125 cm³/mol. The molecule has 0 amide bonds. The van der Waals surface area contributed by atoms with Crippen LogP contribution in [0, 0.1) is 11.8 Å². The SMILES string of the molecule is COC(=O)[C@H](C)[C@H](c1ccc2c(c1)OC1(CC2)CCN(c2cncc(C(F)(F)F)c2)CC1)C1CC1. The summed E-state index contributed by atoms with van der Waals surface area (Å²) in [6.45, 7) is 3.17. The number of rotatable bonds is 5. The Morgan fingerprint density at radius 3 is 2.57 bits per heavy atom. The third-order valence-electron chi connectivity index (χ3n) is 7.99. The Morgan fingerprint density at radius 2 is 1.91 bits per heavy atom. The molecule has 0 radical (unpaired) electrons. The van der Waals surface area contributed by atoms with E-state index < -0.39 is 11.7 Å². The predicted octanol–water partition coefficient (Wildman–Crippen LogP) is 5.77. The topological polar surface area (TPSA) is 51.7 Å². The highest BCUT2D eigenvalue weighted by atomic mass is 19.4. The number of pyridine rings is 1. The van der Waals surface area contributed by atoms with Crippen LogP contribution in [0.5, 0.6) is 5.75 Å². The van der Waals surface area contributed by atoms with E-state index in [1.54, 1.807) is 0 Å². The minimum absolute atomic E-state index is 0.115. The maximum absolute atomic E-state index is 13.1. The summed E-state index contributed by atoms with van der Waals surface area (Å²) >= 11 is 0. The molecule has 2 aliphatic heterocycles. The van der Waals surface area contributed by atoms with Crippen molar-refractivity contribution >= 4 is 11.7 Å². The molecule has 5 rings (SSSR count). The summed E-state index contributed by atoms with van der Waals surface area (Å²) in [4.78, 5) is 18.1. The van der Waals surface area contributed by atoms with Gasteiger partial charge in [0.15, 0.2) is 0 Å². The first-order valence-corrected chi connectivity index (χ1v) is 12.4. The van der Waals surface area contributed by atoms with Gasteiger partial charge in [0.25, 0.3) is 0 Å². The zero-order valence-electron chi connectivity index (χ0n) is 20.1. The number of alkyl halides is 3. The Labute approximate surface area is 203 Å². The fourth-order valence-corrected chi connectivity index (χ4v) is 5.76. The van der Waals surface area contributed by atoms with Crippen LogP contribution in [0.2, 0.25) is 0 Å². The van der Waals surface area contributed by atoms with Crippen molar-refractivity contribution in [2.75, 3.05) is 25.1 Å². The zero-order chi connectivity index (χ0) is 24.8. The number of hydrogen-bond donors (Lipinski definition) is 0. The Balaban J connectivity index is 1.31. The number of hydrogen-bond acceptors (Lipinski definition) is 5. The summed E-state index contributed by atoms with van der Waals surface area (Å²) in [7, 11) is 1.43. The summed E-state index contributed by atoms with van der Waals surface area (Å²) in [6, 6.07) is 7.54. The summed E-state index contributed by atoms with van der Waals surface area (Å²) in [5.41, 5.74) is 1.74. The molecule has 188 valence electrons. The third kappa shape index (κ3) is 4.84. The van der Waals surface area contributed by atoms with Crippen LogP contribution in [0.25, 0.3) is 0 Å². The number of fused-ring (bicyclic) bond motifs is 1. The van der Waals surface area contributed by atoms with Crippen molar-refractivity contribution in [3.63, 3.8) is 0 Å². The first-order chi connectivity index (χ1) is 16.7. The maximum Gasteiger partial charge on any atom is 0.417 e. The number of halogens is 3. The van der Waals surface area contributed by atoms with Gasteiger partial charge in [-0.25, -0.2) is 0 Å². The lowest BCUT2D eigenvalue weighted by molar-refractivity contribution is -0.145. The molecule has 2 fully saturated rings. The molecule has 2 atom stereocenters. The lowest BCUT2D eigenvalue weighted by Gasteiger charge is -2.45. The molecule has 2 aromatic rings. The van der Waals surface area contributed by atoms with Crippen molar-refractivity contribution < 1.29 is 27.4 Å². The molecule has 0 N–H and O–H groups in total. The van der Waals surface area contributed by atoms with E-state index in [4.69, 9.17) is 9.47 Å². The molecule has 35 heavy (non-hydrogen) atoms. The van der Waals surface area contributed by atoms with Crippen molar-refractivity contribution in [1.82, 2.24) is 4.98 Å². The second-order valence-electron chi connectivity index (χ2n) is 10.2. The summed E-state index contributed by atoms with van der Waals surface area (Å²) in [6.07, 6.45) is 3.45. The van der Waals surface area contributed by atoms with Crippen LogP contribution >= 0.6 is 0 Å². The van der Waals surface area contributed by atoms with E-state index in [9.17, 15) is 18.0 Å². The Kier molecular flexibility index (Phi) is 6.18. The average Bonchev–Trinajstić information content (AvgIpc) is 3.68. The molecule has 0 unspecified atom stereocenters. The largest absolute Gasteiger partial charge is 0.487 e. The van der Waals surface area contributed by atoms with Crippen LogP contribution in [-0.2, 0) is 22.1 Å². The summed E-state index contributed by atoms with van der Waals surface area (Å²) in [5, 5.41) is 0. The van der Waals surface area contributed by atoms with Crippen LogP contribution in [-0.4, -0.2) is 36.8 Å². The fraction of sp³-hybridized carbons (Fsp3) is 0.556. The van der Waals surface area contributed by atoms with E-state index in [0.29, 0.717) is 24.7 Å². The highest BCUT2D eigenvalue weighted by Crippen LogP contribution is 2.49. The van der Waals surface area contributed by atoms with E-state index in [1.807, 2.05) is 11.8 Å². The van der Waals surface area contributed by atoms with E-state index in [1.165, 1.54) is 24.9 Å². The zero-order valence-corrected chi connectivity index (χ0v) is 20.1. The van der Waals surface area contributed by atoms with Gasteiger partial charge in [-0.15, -0.1) is 0 Å². The number of esters is 1. The molecular weight excluding hydrogens is 457 g/mol. The molecule has 3 aliphatic rings. The molecular formula is C27H31F3N2O3. The number of nitrogens with zero attached hydrogens (tertiary/aromatic N) is 2. The van der Waals surface area contributed by atoms with Gasteiger partial charge in [-0.2, -0.15) is 13.2 Å². The van der Waals surface area contributed by atoms with Crippen LogP contribution in [0.15, 0.2) is 36.7 Å². The molecule has 1 spiro atoms. The summed E-state index contributed by atoms with van der Waals surface area (Å²) < 4.78 is 51.0. The Hall–Kier alpha value is -2.77. The molecule has 0 bridgehead atoms. The number of carbonyl (C=O) groups is 1. The number of aromatic nitrogens is 1. The number of carbonyl (C=O) groups excluding carboxylic acids is 1. The molecule has 1 aliphatic carbocycles. The molecule has 3 heterocycles. The minimum Gasteiger partial charge on any atom is -0.487 e. The average molecular weight is 489 g/mol. The molecule has 1 aromatic carbocycles. The highest BCUT2D eigenvalue weighted by Gasteiger charge is 2.42. The van der Waals surface area contributed by atoms with Crippen LogP contribution in [0.4, 0.5) is 18.9 Å². The summed E-state index contributed by atoms with van der Waals surface area (Å²) in [5.74, 6) is 1.08. The van der Waals surface area contributed by atoms with Crippen molar-refractivity contribution in [3.05, 3.63) is 53.3 Å². The Morgan fingerprint density at radius 1 is 1.17 bits per heavy atom. The number of aryl methyl sites for hydroxylation is 1. The number of piperidine rings is 1. The first kappa shape index (κ1) is 23.9. The maximum atomic E-state index is 13.1. The molecule has 1 saturated carbocycles. The van der Waals surface area contributed by atoms with Gasteiger partial charge >= 0.3 is 12.1 Å². The van der Waals surface area contributed by atoms with E-state index in [2.05, 4.69) is 23.2 Å². The number of ether oxygens (including phenoxy) is 2. The highest BCUT2D eigenvalue weighted by molar-refractivity contribution is 5.73. The standard InChI is InChI=1S/C27H31F3N2O3/c1-17(25(33)34-2)24(19-4-5-19)20-6-3-18-7-8-26(35-23(18)13-20)9-11-32(12-10-26)22-14-21(15-31-16-22)27(28,29)30/h3,6,13-17,19,24H,4-5,7-12H2,1-2H3/t17-,24+/m1/s1. The van der Waals surface area contributed by atoms with Gasteiger partial charge in [0, 0.05) is 32.1 Å². The van der Waals surface area contributed by atoms with E-state index in [-0.39, 0.29) is 23.4 Å². The lowest BCUT2D eigenvalue weighted by Crippen LogP contribution is -2.50. The van der Waals surface area contributed by atoms with Gasteiger partial charge in [0.2, 0.25) is 0 Å². The Bertz CT molecular complexity index is 1090. The van der Waals surface area contributed by atoms with Gasteiger partial charge in [-0.1, -0.05) is 19.1 Å². The van der Waals surface area contributed by atoms with Gasteiger partial charge in [0.05, 0.1) is 30.5 Å². The third-order valence-corrected chi connectivity index (χ3v) is 7.99. The van der Waals surface area contributed by atoms with Gasteiger partial charge in [-0.05, 0) is 60.8 Å². The minimum atomic E-state index is -4.41. The van der Waals surface area contributed by atoms with Gasteiger partial charge in [-0.3, -0.25) is 9.78 Å². The normalized spacial score (nSPS) is 21.1. The number of methoxy groups -OCH3 is 1. The van der Waals surface area contributed by atoms with E-state index >= 15 is 0 Å². The molecule has 5 nitrogen and oxygen atoms in total. The van der Waals surface area contributed by atoms with Crippen molar-refractivity contribution in [2.45, 2.75) is 63.1 Å². The quantitative estimate of drug-likeness (QED) is 0.501. The smallest absolute Gasteiger partial charge is 0.417 e. The number of anilines is 1. The molecule has 8 heteroatoms. The monoisotopic (exact) mass is 488 g/mol. The van der Waals surface area contributed by atoms with Crippen molar-refractivity contribution in [1.29, 1.82) is 0 Å². The van der Waals surface area contributed by atoms with Crippen LogP contribution in [0.3, 0.4) is 0 Å². The van der Waals surface area contributed by atoms with Gasteiger partial charge in [0.1, 0.15) is 11.4 Å². The second-order valence-corrected chi connectivity index (χ2v) is 10.2. The van der Waals surface area contributed by atoms with E-state index in [0.717, 1.165) is 56.0 Å². The number of benzene rings is 1. The fourth-order valence-electron chi connectivity index (χ4n) is 5.76.